The Labute approximate surface area is 133 Å². The number of hydrogen-bond acceptors (Lipinski definition) is 2. The summed E-state index contributed by atoms with van der Waals surface area (Å²) in [5.41, 5.74) is 4.31. The van der Waals surface area contributed by atoms with E-state index in [1.807, 2.05) is 11.3 Å². The maximum Gasteiger partial charge on any atom is 0.0673 e. The summed E-state index contributed by atoms with van der Waals surface area (Å²) >= 11 is 1.88. The Hall–Kier alpha value is -1.12. The highest BCUT2D eigenvalue weighted by molar-refractivity contribution is 7.10. The molecule has 0 radical (unpaired) electrons. The fourth-order valence-corrected chi connectivity index (χ4v) is 3.81. The van der Waals surface area contributed by atoms with Gasteiger partial charge in [0.1, 0.15) is 0 Å². The Morgan fingerprint density at radius 1 is 1.00 bits per heavy atom. The first-order valence-electron chi connectivity index (χ1n) is 8.18. The Balaban J connectivity index is 2.26. The molecule has 0 aliphatic rings. The van der Waals surface area contributed by atoms with Crippen LogP contribution >= 0.6 is 11.3 Å². The molecule has 0 aliphatic carbocycles. The molecular formula is C19H27NS. The molecule has 0 fully saturated rings. The van der Waals surface area contributed by atoms with Crippen LogP contribution in [0, 0.1) is 0 Å². The van der Waals surface area contributed by atoms with Gasteiger partial charge in [0.2, 0.25) is 0 Å². The van der Waals surface area contributed by atoms with Gasteiger partial charge in [-0.15, -0.1) is 11.3 Å². The molecule has 2 heteroatoms. The summed E-state index contributed by atoms with van der Waals surface area (Å²) < 4.78 is 0. The van der Waals surface area contributed by atoms with E-state index in [9.17, 15) is 0 Å². The lowest BCUT2D eigenvalue weighted by atomic mass is 9.99. The molecule has 21 heavy (non-hydrogen) atoms. The number of aryl methyl sites for hydroxylation is 2. The van der Waals surface area contributed by atoms with Crippen LogP contribution in [0.4, 0.5) is 0 Å². The zero-order valence-corrected chi connectivity index (χ0v) is 14.3. The maximum absolute atomic E-state index is 3.72. The lowest BCUT2D eigenvalue weighted by Crippen LogP contribution is -2.23. The minimum atomic E-state index is 0.343. The number of thiophene rings is 1. The average Bonchev–Trinajstić information content (AvgIpc) is 2.98. The van der Waals surface area contributed by atoms with Gasteiger partial charge in [0.25, 0.3) is 0 Å². The first-order chi connectivity index (χ1) is 10.3. The van der Waals surface area contributed by atoms with E-state index in [0.29, 0.717) is 6.04 Å². The molecular weight excluding hydrogens is 274 g/mol. The van der Waals surface area contributed by atoms with Gasteiger partial charge in [-0.1, -0.05) is 51.5 Å². The lowest BCUT2D eigenvalue weighted by Gasteiger charge is -2.20. The summed E-state index contributed by atoms with van der Waals surface area (Å²) in [6.45, 7) is 7.76. The first kappa shape index (κ1) is 16.3. The van der Waals surface area contributed by atoms with Crippen LogP contribution in [0.3, 0.4) is 0 Å². The summed E-state index contributed by atoms with van der Waals surface area (Å²) in [6.07, 6.45) is 4.66. The summed E-state index contributed by atoms with van der Waals surface area (Å²) in [4.78, 5) is 1.48. The van der Waals surface area contributed by atoms with Gasteiger partial charge >= 0.3 is 0 Å². The predicted molar refractivity (Wildman–Crippen MR) is 94.3 cm³/mol. The van der Waals surface area contributed by atoms with E-state index in [1.165, 1.54) is 34.4 Å². The van der Waals surface area contributed by atoms with E-state index in [1.54, 1.807) is 0 Å². The van der Waals surface area contributed by atoms with E-state index >= 15 is 0 Å². The Morgan fingerprint density at radius 2 is 1.76 bits per heavy atom. The van der Waals surface area contributed by atoms with Crippen molar-refractivity contribution in [2.24, 2.45) is 0 Å². The molecule has 1 atom stereocenters. The van der Waals surface area contributed by atoms with Crippen LogP contribution in [0.25, 0.3) is 0 Å². The second-order valence-electron chi connectivity index (χ2n) is 5.54. The number of nitrogens with one attached hydrogen (secondary N) is 1. The van der Waals surface area contributed by atoms with Crippen molar-refractivity contribution in [3.63, 3.8) is 0 Å². The SMILES string of the molecule is CCCNC(c1ccc(CCC)cc1)c1sccc1CC. The van der Waals surface area contributed by atoms with Crippen LogP contribution in [0.15, 0.2) is 35.7 Å². The molecule has 0 saturated carbocycles. The zero-order chi connectivity index (χ0) is 15.1. The minimum Gasteiger partial charge on any atom is -0.306 e. The topological polar surface area (TPSA) is 12.0 Å². The Bertz CT molecular complexity index is 527. The van der Waals surface area contributed by atoms with Crippen molar-refractivity contribution in [2.45, 2.75) is 52.5 Å². The lowest BCUT2D eigenvalue weighted by molar-refractivity contribution is 0.602. The molecule has 1 unspecified atom stereocenters. The quantitative estimate of drug-likeness (QED) is 0.693. The van der Waals surface area contributed by atoms with Crippen LogP contribution in [-0.2, 0) is 12.8 Å². The van der Waals surface area contributed by atoms with Gasteiger partial charge in [-0.2, -0.15) is 0 Å². The van der Waals surface area contributed by atoms with E-state index in [2.05, 4.69) is 61.8 Å². The van der Waals surface area contributed by atoms with Crippen molar-refractivity contribution in [2.75, 3.05) is 6.54 Å². The molecule has 0 amide bonds. The largest absolute Gasteiger partial charge is 0.306 e. The van der Waals surface area contributed by atoms with Crippen LogP contribution in [0.5, 0.6) is 0 Å². The van der Waals surface area contributed by atoms with Gasteiger partial charge in [0.05, 0.1) is 6.04 Å². The highest BCUT2D eigenvalue weighted by Gasteiger charge is 2.17. The molecule has 1 aromatic carbocycles. The summed E-state index contributed by atoms with van der Waals surface area (Å²) in [6, 6.07) is 11.8. The molecule has 1 N–H and O–H groups in total. The van der Waals surface area contributed by atoms with E-state index in [4.69, 9.17) is 0 Å². The first-order valence-corrected chi connectivity index (χ1v) is 9.06. The Morgan fingerprint density at radius 3 is 2.38 bits per heavy atom. The van der Waals surface area contributed by atoms with Crippen molar-refractivity contribution >= 4 is 11.3 Å². The van der Waals surface area contributed by atoms with Crippen molar-refractivity contribution in [1.29, 1.82) is 0 Å². The summed E-state index contributed by atoms with van der Waals surface area (Å²) in [5.74, 6) is 0. The van der Waals surface area contributed by atoms with Gasteiger partial charge in [0.15, 0.2) is 0 Å². The molecule has 0 aliphatic heterocycles. The van der Waals surface area contributed by atoms with Gasteiger partial charge in [0, 0.05) is 4.88 Å². The second kappa shape index (κ2) is 8.35. The smallest absolute Gasteiger partial charge is 0.0673 e. The highest BCUT2D eigenvalue weighted by Crippen LogP contribution is 2.30. The van der Waals surface area contributed by atoms with Gasteiger partial charge in [-0.3, -0.25) is 0 Å². The van der Waals surface area contributed by atoms with Crippen molar-refractivity contribution < 1.29 is 0 Å². The molecule has 0 bridgehead atoms. The minimum absolute atomic E-state index is 0.343. The average molecular weight is 301 g/mol. The van der Waals surface area contributed by atoms with Crippen LogP contribution in [0.2, 0.25) is 0 Å². The third-order valence-electron chi connectivity index (χ3n) is 3.87. The van der Waals surface area contributed by atoms with E-state index < -0.39 is 0 Å². The summed E-state index contributed by atoms with van der Waals surface area (Å²) in [5, 5.41) is 5.95. The molecule has 1 heterocycles. The van der Waals surface area contributed by atoms with Gasteiger partial charge in [-0.05, 0) is 53.9 Å². The number of benzene rings is 1. The van der Waals surface area contributed by atoms with Crippen LogP contribution < -0.4 is 5.32 Å². The van der Waals surface area contributed by atoms with Crippen LogP contribution in [0.1, 0.15) is 61.2 Å². The molecule has 0 spiro atoms. The summed E-state index contributed by atoms with van der Waals surface area (Å²) in [7, 11) is 0. The van der Waals surface area contributed by atoms with Crippen molar-refractivity contribution in [3.8, 4) is 0 Å². The fraction of sp³-hybridized carbons (Fsp3) is 0.474. The zero-order valence-electron chi connectivity index (χ0n) is 13.5. The fourth-order valence-electron chi connectivity index (χ4n) is 2.71. The number of hydrogen-bond donors (Lipinski definition) is 1. The normalized spacial score (nSPS) is 12.5. The standard InChI is InChI=1S/C19H27NS/c1-4-7-15-8-10-17(11-9-15)18(20-13-5-2)19-16(6-3)12-14-21-19/h8-12,14,18,20H,4-7,13H2,1-3H3. The molecule has 1 nitrogen and oxygen atoms in total. The third-order valence-corrected chi connectivity index (χ3v) is 4.90. The third kappa shape index (κ3) is 4.18. The number of rotatable bonds is 8. The highest BCUT2D eigenvalue weighted by atomic mass is 32.1. The monoisotopic (exact) mass is 301 g/mol. The molecule has 2 aromatic rings. The molecule has 1 aromatic heterocycles. The molecule has 114 valence electrons. The van der Waals surface area contributed by atoms with Gasteiger partial charge < -0.3 is 5.32 Å². The van der Waals surface area contributed by atoms with Gasteiger partial charge in [-0.25, -0.2) is 0 Å². The van der Waals surface area contributed by atoms with Crippen LogP contribution in [-0.4, -0.2) is 6.54 Å². The van der Waals surface area contributed by atoms with E-state index in [0.717, 1.165) is 19.4 Å². The maximum atomic E-state index is 3.72. The second-order valence-corrected chi connectivity index (χ2v) is 6.49. The molecule has 2 rings (SSSR count). The van der Waals surface area contributed by atoms with Crippen molar-refractivity contribution in [3.05, 3.63) is 57.3 Å². The van der Waals surface area contributed by atoms with Crippen molar-refractivity contribution in [1.82, 2.24) is 5.32 Å². The Kier molecular flexibility index (Phi) is 6.47. The predicted octanol–water partition coefficient (Wildman–Crippen LogP) is 5.35. The van der Waals surface area contributed by atoms with E-state index in [-0.39, 0.29) is 0 Å². The molecule has 0 saturated heterocycles.